The highest BCUT2D eigenvalue weighted by atomic mass is 16.4. The van der Waals surface area contributed by atoms with Gasteiger partial charge in [-0.2, -0.15) is 0 Å². The number of aromatic hydroxyl groups is 1. The van der Waals surface area contributed by atoms with Crippen molar-refractivity contribution in [2.75, 3.05) is 0 Å². The van der Waals surface area contributed by atoms with E-state index in [4.69, 9.17) is 10.2 Å². The first-order valence-corrected chi connectivity index (χ1v) is 5.39. The summed E-state index contributed by atoms with van der Waals surface area (Å²) in [6, 6.07) is 9.96. The van der Waals surface area contributed by atoms with Crippen LogP contribution in [-0.4, -0.2) is 27.3 Å². The predicted octanol–water partition coefficient (Wildman–Crippen LogP) is 2.46. The smallest absolute Gasteiger partial charge is 0.335 e. The number of rotatable bonds is 3. The Morgan fingerprint density at radius 1 is 0.789 bits per heavy atom. The van der Waals surface area contributed by atoms with E-state index in [1.807, 2.05) is 0 Å². The number of carbonyl (C=O) groups is 2. The molecule has 0 heterocycles. The molecule has 0 aliphatic carbocycles. The molecule has 0 bridgehead atoms. The fourth-order valence-corrected chi connectivity index (χ4v) is 1.70. The van der Waals surface area contributed by atoms with Gasteiger partial charge in [0.1, 0.15) is 5.75 Å². The van der Waals surface area contributed by atoms with Gasteiger partial charge in [-0.25, -0.2) is 9.59 Å². The summed E-state index contributed by atoms with van der Waals surface area (Å²) in [7, 11) is 0. The predicted molar refractivity (Wildman–Crippen MR) is 67.5 cm³/mol. The average Bonchev–Trinajstić information content (AvgIpc) is 2.38. The van der Waals surface area contributed by atoms with Crippen LogP contribution in [0.25, 0.3) is 11.1 Å². The minimum atomic E-state index is -1.12. The maximum atomic E-state index is 10.7. The van der Waals surface area contributed by atoms with E-state index in [2.05, 4.69) is 0 Å². The molecule has 2 rings (SSSR count). The van der Waals surface area contributed by atoms with E-state index in [0.29, 0.717) is 11.1 Å². The zero-order valence-electron chi connectivity index (χ0n) is 9.70. The van der Waals surface area contributed by atoms with E-state index in [1.54, 1.807) is 12.1 Å². The van der Waals surface area contributed by atoms with Crippen LogP contribution < -0.4 is 0 Å². The molecule has 0 aromatic heterocycles. The van der Waals surface area contributed by atoms with Crippen molar-refractivity contribution in [2.45, 2.75) is 0 Å². The number of benzene rings is 2. The molecular weight excluding hydrogens is 248 g/mol. The van der Waals surface area contributed by atoms with Crippen molar-refractivity contribution >= 4 is 11.9 Å². The van der Waals surface area contributed by atoms with Crippen LogP contribution in [0.15, 0.2) is 42.5 Å². The van der Waals surface area contributed by atoms with E-state index >= 15 is 0 Å². The highest BCUT2D eigenvalue weighted by Gasteiger charge is 2.10. The Morgan fingerprint density at radius 2 is 1.32 bits per heavy atom. The highest BCUT2D eigenvalue weighted by molar-refractivity contribution is 5.90. The van der Waals surface area contributed by atoms with Crippen molar-refractivity contribution in [3.8, 4) is 16.9 Å². The zero-order chi connectivity index (χ0) is 14.0. The zero-order valence-corrected chi connectivity index (χ0v) is 9.70. The Hall–Kier alpha value is -2.82. The van der Waals surface area contributed by atoms with Gasteiger partial charge in [0, 0.05) is 5.56 Å². The standard InChI is InChI=1S/C14H10O5/c15-12-7-10(14(18)19)5-6-11(12)8-1-3-9(4-2-8)13(16)17/h1-7,15H,(H,16,17)(H,18,19). The second-order valence-corrected chi connectivity index (χ2v) is 3.92. The molecule has 0 saturated heterocycles. The van der Waals surface area contributed by atoms with Gasteiger partial charge in [0.2, 0.25) is 0 Å². The summed E-state index contributed by atoms with van der Waals surface area (Å²) in [6.07, 6.45) is 0. The lowest BCUT2D eigenvalue weighted by Gasteiger charge is -2.06. The van der Waals surface area contributed by atoms with Crippen molar-refractivity contribution in [3.63, 3.8) is 0 Å². The van der Waals surface area contributed by atoms with Gasteiger partial charge in [0.15, 0.2) is 0 Å². The molecule has 0 aliphatic heterocycles. The molecule has 0 spiro atoms. The molecule has 0 aliphatic rings. The van der Waals surface area contributed by atoms with Gasteiger partial charge in [0.05, 0.1) is 11.1 Å². The van der Waals surface area contributed by atoms with Crippen LogP contribution >= 0.6 is 0 Å². The Bertz CT molecular complexity index is 643. The number of carboxylic acid groups (broad SMARTS) is 2. The monoisotopic (exact) mass is 258 g/mol. The number of hydrogen-bond acceptors (Lipinski definition) is 3. The normalized spacial score (nSPS) is 10.1. The summed E-state index contributed by atoms with van der Waals surface area (Å²) in [5.41, 5.74) is 1.19. The van der Waals surface area contributed by atoms with Gasteiger partial charge in [0.25, 0.3) is 0 Å². The lowest BCUT2D eigenvalue weighted by atomic mass is 10.0. The molecule has 0 saturated carbocycles. The molecule has 96 valence electrons. The Kier molecular flexibility index (Phi) is 3.20. The second kappa shape index (κ2) is 4.81. The van der Waals surface area contributed by atoms with Crippen LogP contribution in [0.1, 0.15) is 20.7 Å². The number of aromatic carboxylic acids is 2. The second-order valence-electron chi connectivity index (χ2n) is 3.92. The molecule has 0 radical (unpaired) electrons. The van der Waals surface area contributed by atoms with Crippen molar-refractivity contribution in [1.29, 1.82) is 0 Å². The van der Waals surface area contributed by atoms with Crippen LogP contribution in [0.5, 0.6) is 5.75 Å². The SMILES string of the molecule is O=C(O)c1ccc(-c2ccc(C(=O)O)cc2O)cc1. The fraction of sp³-hybridized carbons (Fsp3) is 0. The van der Waals surface area contributed by atoms with Crippen molar-refractivity contribution in [2.24, 2.45) is 0 Å². The van der Waals surface area contributed by atoms with Gasteiger partial charge >= 0.3 is 11.9 Å². The lowest BCUT2D eigenvalue weighted by Crippen LogP contribution is -1.96. The van der Waals surface area contributed by atoms with Crippen LogP contribution in [0.2, 0.25) is 0 Å². The minimum Gasteiger partial charge on any atom is -0.507 e. The quantitative estimate of drug-likeness (QED) is 0.786. The van der Waals surface area contributed by atoms with E-state index in [9.17, 15) is 14.7 Å². The van der Waals surface area contributed by atoms with Gasteiger partial charge in [-0.3, -0.25) is 0 Å². The Labute approximate surface area is 108 Å². The van der Waals surface area contributed by atoms with Crippen LogP contribution in [0.4, 0.5) is 0 Å². The van der Waals surface area contributed by atoms with Gasteiger partial charge < -0.3 is 15.3 Å². The summed E-state index contributed by atoms with van der Waals surface area (Å²) < 4.78 is 0. The van der Waals surface area contributed by atoms with Crippen LogP contribution in [0.3, 0.4) is 0 Å². The summed E-state index contributed by atoms with van der Waals surface area (Å²) in [6.45, 7) is 0. The Morgan fingerprint density at radius 3 is 1.79 bits per heavy atom. The third kappa shape index (κ3) is 2.55. The molecule has 19 heavy (non-hydrogen) atoms. The fourth-order valence-electron chi connectivity index (χ4n) is 1.70. The minimum absolute atomic E-state index is 0.0107. The summed E-state index contributed by atoms with van der Waals surface area (Å²) in [4.78, 5) is 21.5. The molecule has 5 heteroatoms. The molecule has 0 amide bonds. The molecular formula is C14H10O5. The largest absolute Gasteiger partial charge is 0.507 e. The van der Waals surface area contributed by atoms with E-state index in [-0.39, 0.29) is 16.9 Å². The van der Waals surface area contributed by atoms with E-state index in [0.717, 1.165) is 6.07 Å². The van der Waals surface area contributed by atoms with Gasteiger partial charge in [-0.15, -0.1) is 0 Å². The van der Waals surface area contributed by atoms with Gasteiger partial charge in [-0.1, -0.05) is 12.1 Å². The summed E-state index contributed by atoms with van der Waals surface area (Å²) in [5, 5.41) is 27.4. The number of carboxylic acids is 2. The maximum absolute atomic E-state index is 10.7. The van der Waals surface area contributed by atoms with Crippen LogP contribution in [-0.2, 0) is 0 Å². The molecule has 0 fully saturated rings. The van der Waals surface area contributed by atoms with Crippen molar-refractivity contribution in [3.05, 3.63) is 53.6 Å². The topological polar surface area (TPSA) is 94.8 Å². The molecule has 2 aromatic carbocycles. The highest BCUT2D eigenvalue weighted by Crippen LogP contribution is 2.30. The maximum Gasteiger partial charge on any atom is 0.335 e. The molecule has 0 atom stereocenters. The van der Waals surface area contributed by atoms with E-state index in [1.165, 1.54) is 24.3 Å². The number of hydrogen-bond donors (Lipinski definition) is 3. The first-order valence-electron chi connectivity index (χ1n) is 5.39. The molecule has 3 N–H and O–H groups in total. The first-order chi connectivity index (χ1) is 8.99. The lowest BCUT2D eigenvalue weighted by molar-refractivity contribution is 0.0686. The van der Waals surface area contributed by atoms with Crippen molar-refractivity contribution in [1.82, 2.24) is 0 Å². The third-order valence-electron chi connectivity index (χ3n) is 2.69. The van der Waals surface area contributed by atoms with Gasteiger partial charge in [-0.05, 0) is 35.9 Å². The Balaban J connectivity index is 2.41. The summed E-state index contributed by atoms with van der Waals surface area (Å²) >= 11 is 0. The first kappa shape index (κ1) is 12.6. The number of phenolic OH excluding ortho intramolecular Hbond substituents is 1. The van der Waals surface area contributed by atoms with Crippen LogP contribution in [0, 0.1) is 0 Å². The van der Waals surface area contributed by atoms with E-state index < -0.39 is 11.9 Å². The number of phenols is 1. The van der Waals surface area contributed by atoms with Crippen molar-refractivity contribution < 1.29 is 24.9 Å². The summed E-state index contributed by atoms with van der Waals surface area (Å²) in [5.74, 6) is -2.32. The molecule has 5 nitrogen and oxygen atoms in total. The average molecular weight is 258 g/mol. The molecule has 2 aromatic rings. The molecule has 0 unspecified atom stereocenters. The third-order valence-corrected chi connectivity index (χ3v) is 2.69.